The molecule has 1 fully saturated rings. The smallest absolute Gasteiger partial charge is 0.301 e. The lowest BCUT2D eigenvalue weighted by Crippen LogP contribution is -2.29. The Kier molecular flexibility index (Phi) is 5.93. The van der Waals surface area contributed by atoms with Gasteiger partial charge in [0.25, 0.3) is 11.5 Å². The summed E-state index contributed by atoms with van der Waals surface area (Å²) in [5.41, 5.74) is 0.499. The summed E-state index contributed by atoms with van der Waals surface area (Å²) >= 11 is 1.16. The van der Waals surface area contributed by atoms with Crippen LogP contribution in [0.4, 0.5) is 10.8 Å². The van der Waals surface area contributed by atoms with Crippen LogP contribution in [0.3, 0.4) is 0 Å². The molecule has 168 valence electrons. The molecule has 0 bridgehead atoms. The minimum atomic E-state index is -0.997. The van der Waals surface area contributed by atoms with Gasteiger partial charge in [0, 0.05) is 29.3 Å². The number of non-ortho nitro benzene ring substituents is 1. The van der Waals surface area contributed by atoms with Crippen LogP contribution in [0.25, 0.3) is 5.76 Å². The van der Waals surface area contributed by atoms with E-state index < -0.39 is 22.7 Å². The molecule has 1 aromatic heterocycles. The molecule has 3 aromatic rings. The summed E-state index contributed by atoms with van der Waals surface area (Å²) in [6, 6.07) is 11.0. The van der Waals surface area contributed by atoms with Crippen LogP contribution >= 0.6 is 11.3 Å². The highest BCUT2D eigenvalue weighted by Crippen LogP contribution is 2.43. The normalized spacial score (nSPS) is 17.5. The van der Waals surface area contributed by atoms with Crippen molar-refractivity contribution in [2.24, 2.45) is 0 Å². The molecular formula is C23H19N3O6S. The predicted octanol–water partition coefficient (Wildman–Crippen LogP) is 4.46. The lowest BCUT2D eigenvalue weighted by molar-refractivity contribution is -0.384. The van der Waals surface area contributed by atoms with Gasteiger partial charge >= 0.3 is 5.91 Å². The number of rotatable bonds is 6. The van der Waals surface area contributed by atoms with E-state index in [1.165, 1.54) is 35.4 Å². The van der Waals surface area contributed by atoms with Crippen LogP contribution in [0.15, 0.2) is 65.7 Å². The van der Waals surface area contributed by atoms with Crippen molar-refractivity contribution in [3.8, 4) is 5.75 Å². The molecule has 2 heterocycles. The minimum absolute atomic E-state index is 0.0322. The average molecular weight is 465 g/mol. The fraction of sp³-hybridized carbons (Fsp3) is 0.174. The Morgan fingerprint density at radius 2 is 1.82 bits per heavy atom. The molecule has 0 spiro atoms. The summed E-state index contributed by atoms with van der Waals surface area (Å²) in [6.07, 6.45) is 1.47. The first kappa shape index (κ1) is 22.2. The SMILES string of the molecule is CC(C)Oc1ccc(/C(O)=C2/C(=O)C(=O)N(c3nccs3)C2c2ccc([N+](=O)[O-])cc2)cc1. The fourth-order valence-corrected chi connectivity index (χ4v) is 4.24. The number of ketones is 1. The van der Waals surface area contributed by atoms with Crippen LogP contribution in [0.5, 0.6) is 5.75 Å². The van der Waals surface area contributed by atoms with Gasteiger partial charge in [-0.3, -0.25) is 24.6 Å². The Morgan fingerprint density at radius 1 is 1.15 bits per heavy atom. The molecule has 1 saturated heterocycles. The van der Waals surface area contributed by atoms with E-state index in [4.69, 9.17) is 4.74 Å². The standard InChI is InChI=1S/C23H19N3O6S/c1-13(2)32-17-9-5-15(6-10-17)20(27)18-19(14-3-7-16(8-4-14)26(30)31)25(22(29)21(18)28)23-24-11-12-33-23/h3-13,19,27H,1-2H3/b20-18-. The number of aliphatic hydroxyl groups excluding tert-OH is 1. The van der Waals surface area contributed by atoms with Gasteiger partial charge in [-0.2, -0.15) is 0 Å². The van der Waals surface area contributed by atoms with Gasteiger partial charge in [-0.05, 0) is 55.8 Å². The van der Waals surface area contributed by atoms with Crippen molar-refractivity contribution in [3.05, 3.63) is 86.9 Å². The van der Waals surface area contributed by atoms with E-state index in [-0.39, 0.29) is 28.3 Å². The first-order valence-electron chi connectivity index (χ1n) is 10.00. The van der Waals surface area contributed by atoms with Gasteiger partial charge in [0.2, 0.25) is 0 Å². The third kappa shape index (κ3) is 4.20. The number of amides is 1. The largest absolute Gasteiger partial charge is 0.507 e. The van der Waals surface area contributed by atoms with Crippen molar-refractivity contribution in [2.75, 3.05) is 4.90 Å². The fourth-order valence-electron chi connectivity index (χ4n) is 3.58. The van der Waals surface area contributed by atoms with E-state index in [2.05, 4.69) is 4.98 Å². The number of carbonyl (C=O) groups is 2. The second-order valence-electron chi connectivity index (χ2n) is 7.52. The molecular weight excluding hydrogens is 446 g/mol. The number of nitro benzene ring substituents is 1. The van der Waals surface area contributed by atoms with Gasteiger partial charge < -0.3 is 9.84 Å². The van der Waals surface area contributed by atoms with E-state index in [0.29, 0.717) is 16.9 Å². The molecule has 1 aliphatic heterocycles. The van der Waals surface area contributed by atoms with E-state index in [1.54, 1.807) is 29.6 Å². The summed E-state index contributed by atoms with van der Waals surface area (Å²) in [7, 11) is 0. The monoisotopic (exact) mass is 465 g/mol. The zero-order chi connectivity index (χ0) is 23.7. The summed E-state index contributed by atoms with van der Waals surface area (Å²) in [5.74, 6) is -1.47. The summed E-state index contributed by atoms with van der Waals surface area (Å²) in [5, 5.41) is 24.1. The maximum atomic E-state index is 13.0. The number of aromatic nitrogens is 1. The van der Waals surface area contributed by atoms with Crippen LogP contribution in [0, 0.1) is 10.1 Å². The van der Waals surface area contributed by atoms with E-state index >= 15 is 0 Å². The second kappa shape index (κ2) is 8.83. The Morgan fingerprint density at radius 3 is 2.36 bits per heavy atom. The van der Waals surface area contributed by atoms with E-state index in [9.17, 15) is 24.8 Å². The minimum Gasteiger partial charge on any atom is -0.507 e. The quantitative estimate of drug-likeness (QED) is 0.187. The molecule has 9 nitrogen and oxygen atoms in total. The third-order valence-corrected chi connectivity index (χ3v) is 5.76. The van der Waals surface area contributed by atoms with Crippen LogP contribution in [0.2, 0.25) is 0 Å². The van der Waals surface area contributed by atoms with Crippen molar-refractivity contribution < 1.29 is 24.4 Å². The van der Waals surface area contributed by atoms with Gasteiger partial charge in [-0.1, -0.05) is 0 Å². The highest BCUT2D eigenvalue weighted by Gasteiger charge is 2.48. The Balaban J connectivity index is 1.84. The van der Waals surface area contributed by atoms with Crippen molar-refractivity contribution in [1.29, 1.82) is 0 Å². The maximum Gasteiger partial charge on any atom is 0.301 e. The average Bonchev–Trinajstić information content (AvgIpc) is 3.40. The van der Waals surface area contributed by atoms with Crippen LogP contribution in [-0.2, 0) is 9.59 Å². The molecule has 2 aromatic carbocycles. The molecule has 1 N–H and O–H groups in total. The van der Waals surface area contributed by atoms with Crippen molar-refractivity contribution in [1.82, 2.24) is 4.98 Å². The number of ether oxygens (including phenoxy) is 1. The van der Waals surface area contributed by atoms with Crippen LogP contribution in [0.1, 0.15) is 31.0 Å². The molecule has 0 saturated carbocycles. The lowest BCUT2D eigenvalue weighted by Gasteiger charge is -2.22. The highest BCUT2D eigenvalue weighted by molar-refractivity contribution is 7.14. The van der Waals surface area contributed by atoms with Gasteiger partial charge in [0.15, 0.2) is 5.13 Å². The molecule has 1 amide bonds. The van der Waals surface area contributed by atoms with Gasteiger partial charge in [0.1, 0.15) is 11.5 Å². The number of Topliss-reactive ketones (excluding diaryl/α,β-unsaturated/α-hetero) is 1. The van der Waals surface area contributed by atoms with Crippen molar-refractivity contribution in [3.63, 3.8) is 0 Å². The zero-order valence-electron chi connectivity index (χ0n) is 17.7. The first-order chi connectivity index (χ1) is 15.8. The number of aliphatic hydroxyl groups is 1. The number of hydrogen-bond donors (Lipinski definition) is 1. The lowest BCUT2D eigenvalue weighted by atomic mass is 9.95. The number of nitrogens with zero attached hydrogens (tertiary/aromatic N) is 3. The van der Waals surface area contributed by atoms with Crippen molar-refractivity contribution in [2.45, 2.75) is 26.0 Å². The molecule has 4 rings (SSSR count). The van der Waals surface area contributed by atoms with Gasteiger partial charge in [-0.15, -0.1) is 11.3 Å². The van der Waals surface area contributed by atoms with Crippen LogP contribution in [-0.4, -0.2) is 32.8 Å². The number of anilines is 1. The zero-order valence-corrected chi connectivity index (χ0v) is 18.5. The first-order valence-corrected chi connectivity index (χ1v) is 10.9. The Labute approximate surface area is 192 Å². The highest BCUT2D eigenvalue weighted by atomic mass is 32.1. The van der Waals surface area contributed by atoms with Gasteiger partial charge in [0.05, 0.1) is 22.6 Å². The second-order valence-corrected chi connectivity index (χ2v) is 8.40. The summed E-state index contributed by atoms with van der Waals surface area (Å²) in [4.78, 5) is 41.9. The molecule has 33 heavy (non-hydrogen) atoms. The molecule has 10 heteroatoms. The molecule has 1 unspecified atom stereocenters. The molecule has 0 radical (unpaired) electrons. The van der Waals surface area contributed by atoms with Crippen LogP contribution < -0.4 is 9.64 Å². The predicted molar refractivity (Wildman–Crippen MR) is 122 cm³/mol. The summed E-state index contributed by atoms with van der Waals surface area (Å²) < 4.78 is 5.61. The maximum absolute atomic E-state index is 13.0. The number of hydrogen-bond acceptors (Lipinski definition) is 8. The number of nitro groups is 1. The topological polar surface area (TPSA) is 123 Å². The Bertz CT molecular complexity index is 1230. The Hall–Kier alpha value is -4.05. The number of benzene rings is 2. The molecule has 1 atom stereocenters. The van der Waals surface area contributed by atoms with E-state index in [0.717, 1.165) is 11.3 Å². The molecule has 0 aliphatic carbocycles. The van der Waals surface area contributed by atoms with Gasteiger partial charge in [-0.25, -0.2) is 4.98 Å². The van der Waals surface area contributed by atoms with Crippen molar-refractivity contribution >= 4 is 39.6 Å². The van der Waals surface area contributed by atoms with E-state index in [1.807, 2.05) is 13.8 Å². The number of carbonyl (C=O) groups excluding carboxylic acids is 2. The molecule has 1 aliphatic rings. The summed E-state index contributed by atoms with van der Waals surface area (Å²) in [6.45, 7) is 3.77. The third-order valence-electron chi connectivity index (χ3n) is 4.99. The number of thiazole rings is 1.